The highest BCUT2D eigenvalue weighted by Gasteiger charge is 2.09. The molecule has 0 aliphatic carbocycles. The molecule has 0 aromatic heterocycles. The van der Waals surface area contributed by atoms with Gasteiger partial charge in [0, 0.05) is 5.56 Å². The van der Waals surface area contributed by atoms with Gasteiger partial charge in [-0.05, 0) is 55.0 Å². The Bertz CT molecular complexity index is 789. The molecule has 116 valence electrons. The number of halogens is 1. The van der Waals surface area contributed by atoms with Crippen molar-refractivity contribution in [1.82, 2.24) is 0 Å². The normalized spacial score (nSPS) is 10.5. The zero-order valence-corrected chi connectivity index (χ0v) is 13.2. The van der Waals surface area contributed by atoms with Crippen LogP contribution in [0.25, 0.3) is 6.08 Å². The molecule has 0 aliphatic heterocycles. The number of phenolic OH excluding ortho intramolecular Hbond substituents is 1. The molecule has 0 aliphatic rings. The van der Waals surface area contributed by atoms with Crippen LogP contribution in [-0.4, -0.2) is 17.5 Å². The van der Waals surface area contributed by atoms with E-state index in [-0.39, 0.29) is 22.3 Å². The van der Waals surface area contributed by atoms with Gasteiger partial charge >= 0.3 is 0 Å². The Kier molecular flexibility index (Phi) is 5.40. The summed E-state index contributed by atoms with van der Waals surface area (Å²) in [6, 6.07) is 11.5. The molecular formula is C18H14ClNO3. The van der Waals surface area contributed by atoms with Crippen LogP contribution in [0.4, 0.5) is 0 Å². The van der Waals surface area contributed by atoms with Crippen LogP contribution in [-0.2, 0) is 0 Å². The summed E-state index contributed by atoms with van der Waals surface area (Å²) in [5, 5.41) is 18.7. The van der Waals surface area contributed by atoms with Crippen LogP contribution in [0, 0.1) is 11.3 Å². The van der Waals surface area contributed by atoms with Crippen molar-refractivity contribution in [3.05, 3.63) is 64.2 Å². The van der Waals surface area contributed by atoms with Crippen LogP contribution in [0.2, 0.25) is 5.02 Å². The SMILES string of the molecule is CCOc1cc(/C=C/C(=O)c2ccc(C#N)cc2)cc(Cl)c1O. The van der Waals surface area contributed by atoms with E-state index in [0.717, 1.165) is 0 Å². The third kappa shape index (κ3) is 4.12. The summed E-state index contributed by atoms with van der Waals surface area (Å²) in [7, 11) is 0. The summed E-state index contributed by atoms with van der Waals surface area (Å²) >= 11 is 5.94. The van der Waals surface area contributed by atoms with Crippen molar-refractivity contribution in [2.24, 2.45) is 0 Å². The van der Waals surface area contributed by atoms with E-state index < -0.39 is 0 Å². The molecule has 23 heavy (non-hydrogen) atoms. The maximum Gasteiger partial charge on any atom is 0.185 e. The average molecular weight is 328 g/mol. The van der Waals surface area contributed by atoms with Crippen LogP contribution in [0.3, 0.4) is 0 Å². The van der Waals surface area contributed by atoms with Crippen LogP contribution in [0.1, 0.15) is 28.4 Å². The van der Waals surface area contributed by atoms with E-state index in [4.69, 9.17) is 21.6 Å². The van der Waals surface area contributed by atoms with Crippen LogP contribution >= 0.6 is 11.6 Å². The van der Waals surface area contributed by atoms with Gasteiger partial charge in [-0.15, -0.1) is 0 Å². The molecule has 0 heterocycles. The second-order valence-corrected chi connectivity index (χ2v) is 5.08. The zero-order valence-electron chi connectivity index (χ0n) is 12.4. The van der Waals surface area contributed by atoms with Crippen molar-refractivity contribution < 1.29 is 14.6 Å². The summed E-state index contributed by atoms with van der Waals surface area (Å²) in [5.41, 5.74) is 1.62. The van der Waals surface area contributed by atoms with Crippen molar-refractivity contribution in [3.8, 4) is 17.6 Å². The Morgan fingerprint density at radius 3 is 2.65 bits per heavy atom. The van der Waals surface area contributed by atoms with Crippen molar-refractivity contribution in [3.63, 3.8) is 0 Å². The lowest BCUT2D eigenvalue weighted by Crippen LogP contribution is -1.95. The molecule has 2 aromatic carbocycles. The molecule has 0 bridgehead atoms. The minimum atomic E-state index is -0.198. The number of phenols is 1. The predicted molar refractivity (Wildman–Crippen MR) is 88.8 cm³/mol. The molecule has 0 saturated carbocycles. The number of hydrogen-bond donors (Lipinski definition) is 1. The van der Waals surface area contributed by atoms with Gasteiger partial charge in [0.05, 0.1) is 23.3 Å². The van der Waals surface area contributed by atoms with E-state index in [1.807, 2.05) is 6.07 Å². The molecule has 0 atom stereocenters. The molecule has 5 heteroatoms. The van der Waals surface area contributed by atoms with E-state index in [2.05, 4.69) is 0 Å². The molecule has 0 fully saturated rings. The number of allylic oxidation sites excluding steroid dienone is 1. The summed E-state index contributed by atoms with van der Waals surface area (Å²) in [6.07, 6.45) is 2.99. The van der Waals surface area contributed by atoms with E-state index >= 15 is 0 Å². The third-order valence-electron chi connectivity index (χ3n) is 3.08. The fourth-order valence-electron chi connectivity index (χ4n) is 1.93. The number of ketones is 1. The second-order valence-electron chi connectivity index (χ2n) is 4.67. The maximum absolute atomic E-state index is 12.1. The van der Waals surface area contributed by atoms with Gasteiger partial charge in [0.15, 0.2) is 17.3 Å². The fourth-order valence-corrected chi connectivity index (χ4v) is 2.15. The summed E-state index contributed by atoms with van der Waals surface area (Å²) in [6.45, 7) is 2.19. The van der Waals surface area contributed by atoms with Gasteiger partial charge < -0.3 is 9.84 Å². The van der Waals surface area contributed by atoms with Gasteiger partial charge in [-0.25, -0.2) is 0 Å². The van der Waals surface area contributed by atoms with E-state index in [0.29, 0.717) is 23.3 Å². The molecule has 0 unspecified atom stereocenters. The zero-order chi connectivity index (χ0) is 16.8. The molecule has 0 saturated heterocycles. The standard InChI is InChI=1S/C18H14ClNO3/c1-2-23-17-10-13(9-15(19)18(17)22)5-8-16(21)14-6-3-12(11-20)4-7-14/h3-10,22H,2H2,1H3/b8-5+. The van der Waals surface area contributed by atoms with Gasteiger partial charge in [-0.2, -0.15) is 5.26 Å². The van der Waals surface area contributed by atoms with E-state index in [1.54, 1.807) is 49.4 Å². The van der Waals surface area contributed by atoms with Crippen LogP contribution in [0.5, 0.6) is 11.5 Å². The van der Waals surface area contributed by atoms with E-state index in [9.17, 15) is 9.90 Å². The highest BCUT2D eigenvalue weighted by molar-refractivity contribution is 6.32. The number of benzene rings is 2. The van der Waals surface area contributed by atoms with Crippen molar-refractivity contribution >= 4 is 23.5 Å². The Balaban J connectivity index is 2.22. The molecule has 1 N–H and O–H groups in total. The number of nitriles is 1. The van der Waals surface area contributed by atoms with Gasteiger partial charge in [0.2, 0.25) is 0 Å². The number of carbonyl (C=O) groups excluding carboxylic acids is 1. The Hall–Kier alpha value is -2.77. The van der Waals surface area contributed by atoms with Crippen LogP contribution < -0.4 is 4.74 Å². The lowest BCUT2D eigenvalue weighted by atomic mass is 10.1. The quantitative estimate of drug-likeness (QED) is 0.659. The van der Waals surface area contributed by atoms with Gasteiger partial charge in [-0.1, -0.05) is 17.7 Å². The molecule has 2 rings (SSSR count). The van der Waals surface area contributed by atoms with Crippen molar-refractivity contribution in [2.75, 3.05) is 6.61 Å². The summed E-state index contributed by atoms with van der Waals surface area (Å²) < 4.78 is 5.29. The maximum atomic E-state index is 12.1. The molecule has 0 radical (unpaired) electrons. The molecule has 2 aromatic rings. The first kappa shape index (κ1) is 16.6. The number of hydrogen-bond acceptors (Lipinski definition) is 4. The fraction of sp³-hybridized carbons (Fsp3) is 0.111. The lowest BCUT2D eigenvalue weighted by Gasteiger charge is -2.08. The Labute approximate surface area is 139 Å². The minimum Gasteiger partial charge on any atom is -0.503 e. The summed E-state index contributed by atoms with van der Waals surface area (Å²) in [5.74, 6) is -0.0498. The first-order valence-corrected chi connectivity index (χ1v) is 7.30. The molecule has 0 spiro atoms. The largest absolute Gasteiger partial charge is 0.503 e. The molecular weight excluding hydrogens is 314 g/mol. The lowest BCUT2D eigenvalue weighted by molar-refractivity contribution is 0.104. The Morgan fingerprint density at radius 2 is 2.04 bits per heavy atom. The first-order chi connectivity index (χ1) is 11.0. The highest BCUT2D eigenvalue weighted by atomic mass is 35.5. The highest BCUT2D eigenvalue weighted by Crippen LogP contribution is 2.35. The number of carbonyl (C=O) groups is 1. The first-order valence-electron chi connectivity index (χ1n) is 6.93. The minimum absolute atomic E-state index is 0.121. The van der Waals surface area contributed by atoms with Crippen molar-refractivity contribution in [2.45, 2.75) is 6.92 Å². The average Bonchev–Trinajstić information content (AvgIpc) is 2.57. The Morgan fingerprint density at radius 1 is 1.35 bits per heavy atom. The van der Waals surface area contributed by atoms with E-state index in [1.165, 1.54) is 6.08 Å². The van der Waals surface area contributed by atoms with Gasteiger partial charge in [0.25, 0.3) is 0 Å². The predicted octanol–water partition coefficient (Wildman–Crippen LogP) is 4.21. The topological polar surface area (TPSA) is 70.3 Å². The van der Waals surface area contributed by atoms with Crippen molar-refractivity contribution in [1.29, 1.82) is 5.26 Å². The molecule has 4 nitrogen and oxygen atoms in total. The van der Waals surface area contributed by atoms with Crippen LogP contribution in [0.15, 0.2) is 42.5 Å². The number of ether oxygens (including phenoxy) is 1. The third-order valence-corrected chi connectivity index (χ3v) is 3.36. The number of rotatable bonds is 5. The number of nitrogens with zero attached hydrogens (tertiary/aromatic N) is 1. The monoisotopic (exact) mass is 327 g/mol. The second kappa shape index (κ2) is 7.48. The van der Waals surface area contributed by atoms with Gasteiger partial charge in [-0.3, -0.25) is 4.79 Å². The number of aromatic hydroxyl groups is 1. The molecule has 0 amide bonds. The van der Waals surface area contributed by atoms with Gasteiger partial charge in [0.1, 0.15) is 0 Å². The smallest absolute Gasteiger partial charge is 0.185 e. The summed E-state index contributed by atoms with van der Waals surface area (Å²) in [4.78, 5) is 12.1.